The van der Waals surface area contributed by atoms with Crippen molar-refractivity contribution in [3.63, 3.8) is 0 Å². The van der Waals surface area contributed by atoms with E-state index < -0.39 is 0 Å². The number of benzene rings is 1. The Balaban J connectivity index is 1.50. The molecule has 25 heavy (non-hydrogen) atoms. The lowest BCUT2D eigenvalue weighted by Crippen LogP contribution is -2.44. The topological polar surface area (TPSA) is 104 Å². The van der Waals surface area contributed by atoms with Gasteiger partial charge in [-0.15, -0.1) is 10.2 Å². The molecule has 7 nitrogen and oxygen atoms in total. The first-order chi connectivity index (χ1) is 12.3. The predicted octanol–water partition coefficient (Wildman–Crippen LogP) is 2.32. The maximum Gasteiger partial charge on any atom is 0.203 e. The van der Waals surface area contributed by atoms with Crippen LogP contribution in [0, 0.1) is 0 Å². The van der Waals surface area contributed by atoms with Crippen molar-refractivity contribution < 1.29 is 0 Å². The monoisotopic (exact) mass is 351 g/mol. The van der Waals surface area contributed by atoms with Crippen LogP contribution in [0.3, 0.4) is 0 Å². The highest BCUT2D eigenvalue weighted by atomic mass is 32.1. The smallest absolute Gasteiger partial charge is 0.203 e. The zero-order chi connectivity index (χ0) is 16.8. The largest absolute Gasteiger partial charge is 0.374 e. The SMILES string of the molecule is Nc1nnc(-c2ccc3[nH]cc(C4=CN=CC(NC5CC5)N4)c3c2)s1. The number of aromatic amines is 1. The third-order valence-electron chi connectivity index (χ3n) is 4.40. The van der Waals surface area contributed by atoms with Gasteiger partial charge in [0.25, 0.3) is 0 Å². The van der Waals surface area contributed by atoms with Gasteiger partial charge in [0.1, 0.15) is 11.2 Å². The number of anilines is 1. The Labute approximate surface area is 148 Å². The Morgan fingerprint density at radius 1 is 1.24 bits per heavy atom. The molecule has 1 unspecified atom stereocenters. The molecule has 2 aliphatic rings. The molecule has 1 aliphatic carbocycles. The molecule has 126 valence electrons. The number of nitrogens with zero attached hydrogens (tertiary/aromatic N) is 3. The molecule has 2 aromatic heterocycles. The van der Waals surface area contributed by atoms with Crippen LogP contribution >= 0.6 is 11.3 Å². The van der Waals surface area contributed by atoms with Crippen molar-refractivity contribution in [3.05, 3.63) is 36.2 Å². The van der Waals surface area contributed by atoms with Crippen LogP contribution in [0.2, 0.25) is 0 Å². The molecular formula is C17H17N7S. The van der Waals surface area contributed by atoms with E-state index in [-0.39, 0.29) is 6.17 Å². The second-order valence-electron chi connectivity index (χ2n) is 6.31. The molecule has 0 radical (unpaired) electrons. The Morgan fingerprint density at radius 3 is 2.96 bits per heavy atom. The molecule has 5 rings (SSSR count). The summed E-state index contributed by atoms with van der Waals surface area (Å²) in [6.45, 7) is 0. The minimum Gasteiger partial charge on any atom is -0.374 e. The van der Waals surface area contributed by atoms with Gasteiger partial charge < -0.3 is 16.0 Å². The van der Waals surface area contributed by atoms with E-state index >= 15 is 0 Å². The van der Waals surface area contributed by atoms with Crippen molar-refractivity contribution in [2.75, 3.05) is 5.73 Å². The van der Waals surface area contributed by atoms with Gasteiger partial charge in [0.15, 0.2) is 0 Å². The molecule has 1 saturated carbocycles. The molecular weight excluding hydrogens is 334 g/mol. The standard InChI is InChI=1S/C17H17N7S/c18-17-24-23-16(25-17)9-1-4-13-11(5-9)12(6-20-13)14-7-19-8-15(22-14)21-10-2-3-10/h1,4-8,10,15,20-22H,2-3H2,(H2,18,24). The quantitative estimate of drug-likeness (QED) is 0.577. The number of rotatable bonds is 4. The summed E-state index contributed by atoms with van der Waals surface area (Å²) in [5, 5.41) is 17.5. The lowest BCUT2D eigenvalue weighted by atomic mass is 10.1. The van der Waals surface area contributed by atoms with E-state index in [9.17, 15) is 0 Å². The van der Waals surface area contributed by atoms with Crippen LogP contribution in [0.25, 0.3) is 27.2 Å². The van der Waals surface area contributed by atoms with Gasteiger partial charge >= 0.3 is 0 Å². The molecule has 1 atom stereocenters. The van der Waals surface area contributed by atoms with E-state index in [0.717, 1.165) is 32.7 Å². The third kappa shape index (κ3) is 2.79. The first kappa shape index (κ1) is 14.6. The van der Waals surface area contributed by atoms with Crippen LogP contribution in [-0.2, 0) is 0 Å². The number of H-pyrrole nitrogens is 1. The van der Waals surface area contributed by atoms with Crippen molar-refractivity contribution in [2.45, 2.75) is 25.0 Å². The van der Waals surface area contributed by atoms with Crippen LogP contribution in [0.4, 0.5) is 5.13 Å². The van der Waals surface area contributed by atoms with Gasteiger partial charge in [-0.05, 0) is 31.0 Å². The summed E-state index contributed by atoms with van der Waals surface area (Å²) in [4.78, 5) is 7.73. The second-order valence-corrected chi connectivity index (χ2v) is 7.32. The summed E-state index contributed by atoms with van der Waals surface area (Å²) in [7, 11) is 0. The predicted molar refractivity (Wildman–Crippen MR) is 101 cm³/mol. The Kier molecular flexibility index (Phi) is 3.32. The van der Waals surface area contributed by atoms with Crippen molar-refractivity contribution in [2.24, 2.45) is 4.99 Å². The van der Waals surface area contributed by atoms with Crippen molar-refractivity contribution in [1.82, 2.24) is 25.8 Å². The number of nitrogens with two attached hydrogens (primary N) is 1. The number of aromatic nitrogens is 3. The fourth-order valence-electron chi connectivity index (χ4n) is 3.01. The molecule has 0 saturated heterocycles. The van der Waals surface area contributed by atoms with Gasteiger partial charge in [-0.25, -0.2) is 0 Å². The summed E-state index contributed by atoms with van der Waals surface area (Å²) < 4.78 is 0. The summed E-state index contributed by atoms with van der Waals surface area (Å²) in [5.41, 5.74) is 9.88. The Bertz CT molecular complexity index is 996. The van der Waals surface area contributed by atoms with E-state index in [1.807, 2.05) is 24.7 Å². The van der Waals surface area contributed by atoms with Gasteiger partial charge in [-0.2, -0.15) is 0 Å². The molecule has 0 amide bonds. The van der Waals surface area contributed by atoms with Crippen LogP contribution in [0.1, 0.15) is 18.4 Å². The van der Waals surface area contributed by atoms with Gasteiger partial charge in [0.05, 0.1) is 11.9 Å². The lowest BCUT2D eigenvalue weighted by molar-refractivity contribution is 0.583. The number of hydrogen-bond donors (Lipinski definition) is 4. The van der Waals surface area contributed by atoms with Gasteiger partial charge in [0.2, 0.25) is 5.13 Å². The summed E-state index contributed by atoms with van der Waals surface area (Å²) in [6.07, 6.45) is 8.34. The van der Waals surface area contributed by atoms with E-state index in [4.69, 9.17) is 5.73 Å². The first-order valence-electron chi connectivity index (χ1n) is 8.23. The highest BCUT2D eigenvalue weighted by Crippen LogP contribution is 2.31. The number of aliphatic imine (C=N–C) groups is 1. The molecule has 5 N–H and O–H groups in total. The zero-order valence-electron chi connectivity index (χ0n) is 13.4. The second kappa shape index (κ2) is 5.68. The third-order valence-corrected chi connectivity index (χ3v) is 5.20. The summed E-state index contributed by atoms with van der Waals surface area (Å²) >= 11 is 1.39. The van der Waals surface area contributed by atoms with Crippen molar-refractivity contribution in [3.8, 4) is 10.6 Å². The average molecular weight is 351 g/mol. The number of nitrogens with one attached hydrogen (secondary N) is 3. The summed E-state index contributed by atoms with van der Waals surface area (Å²) in [5.74, 6) is 0. The number of fused-ring (bicyclic) bond motifs is 1. The van der Waals surface area contributed by atoms with Crippen LogP contribution in [-0.4, -0.2) is 33.6 Å². The Hall–Kier alpha value is -2.71. The maximum atomic E-state index is 5.71. The summed E-state index contributed by atoms with van der Waals surface area (Å²) in [6, 6.07) is 6.81. The zero-order valence-corrected chi connectivity index (χ0v) is 14.2. The molecule has 1 aliphatic heterocycles. The van der Waals surface area contributed by atoms with E-state index in [1.165, 1.54) is 24.2 Å². The molecule has 3 heterocycles. The minimum absolute atomic E-state index is 0.0728. The van der Waals surface area contributed by atoms with Gasteiger partial charge in [0, 0.05) is 40.5 Å². The molecule has 1 aromatic carbocycles. The normalized spacial score (nSPS) is 19.8. The van der Waals surface area contributed by atoms with Gasteiger partial charge in [-0.1, -0.05) is 11.3 Å². The highest BCUT2D eigenvalue weighted by Gasteiger charge is 2.25. The fourth-order valence-corrected chi connectivity index (χ4v) is 3.62. The highest BCUT2D eigenvalue weighted by molar-refractivity contribution is 7.18. The lowest BCUT2D eigenvalue weighted by Gasteiger charge is -2.21. The molecule has 1 fully saturated rings. The van der Waals surface area contributed by atoms with Crippen molar-refractivity contribution >= 4 is 39.3 Å². The minimum atomic E-state index is 0.0728. The van der Waals surface area contributed by atoms with Gasteiger partial charge in [-0.3, -0.25) is 10.3 Å². The van der Waals surface area contributed by atoms with E-state index in [2.05, 4.69) is 42.9 Å². The molecule has 0 spiro atoms. The van der Waals surface area contributed by atoms with Crippen LogP contribution < -0.4 is 16.4 Å². The maximum absolute atomic E-state index is 5.71. The first-order valence-corrected chi connectivity index (χ1v) is 9.05. The Morgan fingerprint density at radius 2 is 2.16 bits per heavy atom. The number of nitrogen functional groups attached to an aromatic ring is 1. The fraction of sp³-hybridized carbons (Fsp3) is 0.235. The van der Waals surface area contributed by atoms with E-state index in [0.29, 0.717) is 11.2 Å². The molecule has 8 heteroatoms. The van der Waals surface area contributed by atoms with Crippen LogP contribution in [0.5, 0.6) is 0 Å². The average Bonchev–Trinajstić information content (AvgIpc) is 3.17. The molecule has 3 aromatic rings. The van der Waals surface area contributed by atoms with Crippen LogP contribution in [0.15, 0.2) is 35.6 Å². The van der Waals surface area contributed by atoms with E-state index in [1.54, 1.807) is 0 Å². The molecule has 0 bridgehead atoms. The number of hydrogen-bond acceptors (Lipinski definition) is 7. The van der Waals surface area contributed by atoms with Crippen molar-refractivity contribution in [1.29, 1.82) is 0 Å².